The predicted molar refractivity (Wildman–Crippen MR) is 118 cm³/mol. The zero-order valence-electron chi connectivity index (χ0n) is 17.8. The second kappa shape index (κ2) is 10.0. The SMILES string of the molecule is CCCN1CCN(c2ccc(CC(C=O)Nc3cc(OC)cc(OC)c3)cc2)C1=O. The molecule has 1 aliphatic heterocycles. The molecule has 2 aromatic carbocycles. The summed E-state index contributed by atoms with van der Waals surface area (Å²) in [7, 11) is 3.17. The molecule has 0 radical (unpaired) electrons. The first-order valence-electron chi connectivity index (χ1n) is 10.2. The van der Waals surface area contributed by atoms with E-state index in [0.717, 1.165) is 42.7 Å². The standard InChI is InChI=1S/C23H29N3O4/c1-4-9-25-10-11-26(23(25)28)20-7-5-17(6-8-20)12-19(16-27)24-18-13-21(29-2)15-22(14-18)30-3/h5-8,13-16,19,24H,4,9-12H2,1-3H3. The van der Waals surface area contributed by atoms with Gasteiger partial charge in [0, 0.05) is 49.2 Å². The van der Waals surface area contributed by atoms with E-state index in [4.69, 9.17) is 9.47 Å². The molecule has 1 unspecified atom stereocenters. The number of aldehydes is 1. The molecule has 160 valence electrons. The van der Waals surface area contributed by atoms with Crippen LogP contribution in [0.4, 0.5) is 16.2 Å². The maximum Gasteiger partial charge on any atom is 0.324 e. The third kappa shape index (κ3) is 5.03. The second-order valence-corrected chi connectivity index (χ2v) is 7.28. The molecular weight excluding hydrogens is 382 g/mol. The monoisotopic (exact) mass is 411 g/mol. The Kier molecular flexibility index (Phi) is 7.17. The third-order valence-electron chi connectivity index (χ3n) is 5.16. The van der Waals surface area contributed by atoms with Gasteiger partial charge in [-0.15, -0.1) is 0 Å². The van der Waals surface area contributed by atoms with E-state index < -0.39 is 6.04 Å². The highest BCUT2D eigenvalue weighted by Crippen LogP contribution is 2.27. The molecule has 2 aromatic rings. The molecule has 30 heavy (non-hydrogen) atoms. The molecule has 3 rings (SSSR count). The molecule has 0 saturated carbocycles. The molecule has 1 fully saturated rings. The van der Waals surface area contributed by atoms with Crippen LogP contribution in [0.2, 0.25) is 0 Å². The number of amides is 2. The molecule has 1 saturated heterocycles. The van der Waals surface area contributed by atoms with Crippen LogP contribution in [0.5, 0.6) is 11.5 Å². The van der Waals surface area contributed by atoms with Gasteiger partial charge < -0.3 is 24.5 Å². The number of benzene rings is 2. The lowest BCUT2D eigenvalue weighted by Gasteiger charge is -2.19. The predicted octanol–water partition coefficient (Wildman–Crippen LogP) is 3.58. The molecular formula is C23H29N3O4. The van der Waals surface area contributed by atoms with Crippen LogP contribution in [0.25, 0.3) is 0 Å². The zero-order chi connectivity index (χ0) is 21.5. The molecule has 7 nitrogen and oxygen atoms in total. The van der Waals surface area contributed by atoms with Gasteiger partial charge in [-0.2, -0.15) is 0 Å². The van der Waals surface area contributed by atoms with Crippen LogP contribution < -0.4 is 19.7 Å². The van der Waals surface area contributed by atoms with Gasteiger partial charge in [0.15, 0.2) is 0 Å². The van der Waals surface area contributed by atoms with Gasteiger partial charge in [-0.05, 0) is 30.5 Å². The maximum atomic E-state index is 12.5. The van der Waals surface area contributed by atoms with Gasteiger partial charge in [-0.3, -0.25) is 4.90 Å². The van der Waals surface area contributed by atoms with Crippen molar-refractivity contribution in [3.05, 3.63) is 48.0 Å². The van der Waals surface area contributed by atoms with E-state index in [0.29, 0.717) is 24.5 Å². The van der Waals surface area contributed by atoms with Crippen molar-refractivity contribution in [2.75, 3.05) is 44.1 Å². The molecule has 0 aliphatic carbocycles. The number of hydrogen-bond acceptors (Lipinski definition) is 5. The Hall–Kier alpha value is -3.22. The second-order valence-electron chi connectivity index (χ2n) is 7.28. The summed E-state index contributed by atoms with van der Waals surface area (Å²) in [4.78, 5) is 27.8. The minimum absolute atomic E-state index is 0.0593. The Balaban J connectivity index is 1.65. The summed E-state index contributed by atoms with van der Waals surface area (Å²) in [5, 5.41) is 3.22. The molecule has 1 heterocycles. The molecule has 1 N–H and O–H groups in total. The number of nitrogens with one attached hydrogen (secondary N) is 1. The fraction of sp³-hybridized carbons (Fsp3) is 0.391. The lowest BCUT2D eigenvalue weighted by molar-refractivity contribution is -0.108. The number of urea groups is 1. The van der Waals surface area contributed by atoms with Gasteiger partial charge in [-0.25, -0.2) is 4.79 Å². The minimum Gasteiger partial charge on any atom is -0.497 e. The van der Waals surface area contributed by atoms with E-state index in [1.165, 1.54) is 0 Å². The van der Waals surface area contributed by atoms with Crippen LogP contribution in [0.1, 0.15) is 18.9 Å². The summed E-state index contributed by atoms with van der Waals surface area (Å²) in [6, 6.07) is 12.9. The van der Waals surface area contributed by atoms with E-state index in [9.17, 15) is 9.59 Å². The van der Waals surface area contributed by atoms with Crippen LogP contribution >= 0.6 is 0 Å². The van der Waals surface area contributed by atoms with Crippen molar-refractivity contribution >= 4 is 23.7 Å². The highest BCUT2D eigenvalue weighted by molar-refractivity contribution is 5.94. The van der Waals surface area contributed by atoms with E-state index in [1.54, 1.807) is 25.2 Å². The number of rotatable bonds is 10. The van der Waals surface area contributed by atoms with Gasteiger partial charge in [-0.1, -0.05) is 19.1 Å². The number of anilines is 2. The normalized spacial score (nSPS) is 14.6. The average Bonchev–Trinajstić information content (AvgIpc) is 3.14. The highest BCUT2D eigenvalue weighted by atomic mass is 16.5. The molecule has 1 atom stereocenters. The summed E-state index contributed by atoms with van der Waals surface area (Å²) in [6.45, 7) is 4.32. The van der Waals surface area contributed by atoms with Crippen LogP contribution in [0.15, 0.2) is 42.5 Å². The first-order chi connectivity index (χ1) is 14.6. The Bertz CT molecular complexity index is 847. The quantitative estimate of drug-likeness (QED) is 0.605. The number of methoxy groups -OCH3 is 2. The summed E-state index contributed by atoms with van der Waals surface area (Å²) >= 11 is 0. The van der Waals surface area contributed by atoms with Crippen molar-refractivity contribution in [1.82, 2.24) is 4.90 Å². The first-order valence-corrected chi connectivity index (χ1v) is 10.2. The number of carbonyl (C=O) groups excluding carboxylic acids is 2. The number of hydrogen-bond donors (Lipinski definition) is 1. The summed E-state index contributed by atoms with van der Waals surface area (Å²) in [6.07, 6.45) is 2.38. The molecule has 7 heteroatoms. The van der Waals surface area contributed by atoms with E-state index in [2.05, 4.69) is 12.2 Å². The Labute approximate surface area is 177 Å². The number of ether oxygens (including phenoxy) is 2. The lowest BCUT2D eigenvalue weighted by atomic mass is 10.1. The first kappa shape index (κ1) is 21.5. The summed E-state index contributed by atoms with van der Waals surface area (Å²) < 4.78 is 10.6. The van der Waals surface area contributed by atoms with Gasteiger partial charge in [0.25, 0.3) is 0 Å². The fourth-order valence-electron chi connectivity index (χ4n) is 3.60. The average molecular weight is 412 g/mol. The number of carbonyl (C=O) groups is 2. The van der Waals surface area contributed by atoms with Crippen molar-refractivity contribution in [3.63, 3.8) is 0 Å². The van der Waals surface area contributed by atoms with Crippen molar-refractivity contribution in [1.29, 1.82) is 0 Å². The van der Waals surface area contributed by atoms with E-state index >= 15 is 0 Å². The van der Waals surface area contributed by atoms with Gasteiger partial charge in [0.2, 0.25) is 0 Å². The van der Waals surface area contributed by atoms with E-state index in [1.807, 2.05) is 41.3 Å². The highest BCUT2D eigenvalue weighted by Gasteiger charge is 2.28. The number of nitrogens with zero attached hydrogens (tertiary/aromatic N) is 2. The van der Waals surface area contributed by atoms with Crippen LogP contribution in [-0.4, -0.2) is 57.1 Å². The van der Waals surface area contributed by atoms with Gasteiger partial charge in [0.1, 0.15) is 17.8 Å². The van der Waals surface area contributed by atoms with Crippen molar-refractivity contribution in [2.24, 2.45) is 0 Å². The Morgan fingerprint density at radius 2 is 1.73 bits per heavy atom. The summed E-state index contributed by atoms with van der Waals surface area (Å²) in [5.41, 5.74) is 2.64. The van der Waals surface area contributed by atoms with Gasteiger partial charge in [0.05, 0.1) is 20.3 Å². The summed E-state index contributed by atoms with van der Waals surface area (Å²) in [5.74, 6) is 1.30. The van der Waals surface area contributed by atoms with Crippen LogP contribution in [0, 0.1) is 0 Å². The maximum absolute atomic E-state index is 12.5. The van der Waals surface area contributed by atoms with Crippen LogP contribution in [-0.2, 0) is 11.2 Å². The third-order valence-corrected chi connectivity index (χ3v) is 5.16. The molecule has 0 spiro atoms. The molecule has 1 aliphatic rings. The zero-order valence-corrected chi connectivity index (χ0v) is 17.8. The van der Waals surface area contributed by atoms with Crippen molar-refractivity contribution in [2.45, 2.75) is 25.8 Å². The van der Waals surface area contributed by atoms with Gasteiger partial charge >= 0.3 is 6.03 Å². The fourth-order valence-corrected chi connectivity index (χ4v) is 3.60. The molecule has 0 aromatic heterocycles. The van der Waals surface area contributed by atoms with E-state index in [-0.39, 0.29) is 6.03 Å². The smallest absolute Gasteiger partial charge is 0.324 e. The van der Waals surface area contributed by atoms with Crippen molar-refractivity contribution < 1.29 is 19.1 Å². The lowest BCUT2D eigenvalue weighted by Crippen LogP contribution is -2.32. The molecule has 2 amide bonds. The Morgan fingerprint density at radius 3 is 2.30 bits per heavy atom. The topological polar surface area (TPSA) is 71.1 Å². The minimum atomic E-state index is -0.402. The largest absolute Gasteiger partial charge is 0.497 e. The molecule has 0 bridgehead atoms. The van der Waals surface area contributed by atoms with Crippen molar-refractivity contribution in [3.8, 4) is 11.5 Å². The van der Waals surface area contributed by atoms with Crippen LogP contribution in [0.3, 0.4) is 0 Å². The Morgan fingerprint density at radius 1 is 1.07 bits per heavy atom.